The Labute approximate surface area is 151 Å². The molecule has 3 aromatic rings. The number of aliphatic imine (C=N–C) groups is 1. The van der Waals surface area contributed by atoms with Gasteiger partial charge in [-0.2, -0.15) is 0 Å². The summed E-state index contributed by atoms with van der Waals surface area (Å²) in [6.45, 7) is 2.50. The van der Waals surface area contributed by atoms with E-state index in [2.05, 4.69) is 10.3 Å². The number of fused-ring (bicyclic) bond motifs is 1. The number of nitrogens with zero attached hydrogens (tertiary/aromatic N) is 2. The minimum atomic E-state index is -3.71. The number of hydrogen-bond acceptors (Lipinski definition) is 4. The van der Waals surface area contributed by atoms with E-state index in [1.807, 2.05) is 31.2 Å². The number of rotatable bonds is 3. The second-order valence-corrected chi connectivity index (χ2v) is 8.23. The lowest BCUT2D eigenvalue weighted by molar-refractivity contribution is 0.588. The van der Waals surface area contributed by atoms with E-state index in [1.165, 1.54) is 16.1 Å². The lowest BCUT2D eigenvalue weighted by Gasteiger charge is -2.09. The predicted octanol–water partition coefficient (Wildman–Crippen LogP) is 3.59. The molecule has 4 rings (SSSR count). The zero-order valence-corrected chi connectivity index (χ0v) is 15.1. The van der Waals surface area contributed by atoms with Crippen LogP contribution in [0.25, 0.3) is 10.9 Å². The largest absolute Gasteiger partial charge is 0.365 e. The van der Waals surface area contributed by atoms with Crippen LogP contribution in [0.5, 0.6) is 0 Å². The summed E-state index contributed by atoms with van der Waals surface area (Å²) in [5.41, 5.74) is 1.58. The first kappa shape index (κ1) is 16.2. The van der Waals surface area contributed by atoms with E-state index in [1.54, 1.807) is 18.3 Å². The first-order valence-corrected chi connectivity index (χ1v) is 9.67. The molecule has 1 N–H and O–H groups in total. The zero-order chi connectivity index (χ0) is 17.6. The third-order valence-corrected chi connectivity index (χ3v) is 6.29. The van der Waals surface area contributed by atoms with Crippen molar-refractivity contribution in [3.8, 4) is 0 Å². The molecule has 2 aromatic carbocycles. The number of nitrogens with one attached hydrogen (secondary N) is 1. The fourth-order valence-electron chi connectivity index (χ4n) is 3.12. The Hall–Kier alpha value is -2.31. The number of halogens is 1. The molecule has 1 unspecified atom stereocenters. The summed E-state index contributed by atoms with van der Waals surface area (Å²) in [5, 5.41) is 4.70. The molecule has 1 aliphatic rings. The molecule has 0 saturated heterocycles. The number of para-hydroxylation sites is 1. The Morgan fingerprint density at radius 1 is 1.16 bits per heavy atom. The van der Waals surface area contributed by atoms with Crippen LogP contribution in [-0.2, 0) is 10.0 Å². The van der Waals surface area contributed by atoms with E-state index >= 15 is 0 Å². The Balaban J connectivity index is 1.89. The van der Waals surface area contributed by atoms with Gasteiger partial charge in [0.2, 0.25) is 0 Å². The third kappa shape index (κ3) is 2.71. The van der Waals surface area contributed by atoms with Crippen LogP contribution in [0, 0.1) is 0 Å². The SMILES string of the molecule is CC1=NCC(c2cn(S(=O)(=O)c3ccc(Cl)cc3)c3ccccc23)N1. The molecule has 25 heavy (non-hydrogen) atoms. The Morgan fingerprint density at radius 2 is 1.88 bits per heavy atom. The van der Waals surface area contributed by atoms with Gasteiger partial charge in [0, 0.05) is 22.2 Å². The van der Waals surface area contributed by atoms with Crippen molar-refractivity contribution < 1.29 is 8.42 Å². The number of benzene rings is 2. The summed E-state index contributed by atoms with van der Waals surface area (Å²) < 4.78 is 27.6. The molecule has 0 radical (unpaired) electrons. The third-order valence-electron chi connectivity index (χ3n) is 4.35. The summed E-state index contributed by atoms with van der Waals surface area (Å²) in [7, 11) is -3.71. The van der Waals surface area contributed by atoms with Crippen molar-refractivity contribution in [2.45, 2.75) is 17.9 Å². The molecule has 0 amide bonds. The van der Waals surface area contributed by atoms with Crippen LogP contribution in [0.3, 0.4) is 0 Å². The summed E-state index contributed by atoms with van der Waals surface area (Å²) >= 11 is 5.88. The van der Waals surface area contributed by atoms with Gasteiger partial charge in [-0.15, -0.1) is 0 Å². The molecule has 128 valence electrons. The first-order chi connectivity index (χ1) is 12.0. The molecule has 1 aliphatic heterocycles. The van der Waals surface area contributed by atoms with Gasteiger partial charge in [0.25, 0.3) is 10.0 Å². The van der Waals surface area contributed by atoms with Crippen LogP contribution in [0.1, 0.15) is 18.5 Å². The lowest BCUT2D eigenvalue weighted by atomic mass is 10.1. The monoisotopic (exact) mass is 373 g/mol. The summed E-state index contributed by atoms with van der Waals surface area (Å²) in [6, 6.07) is 13.7. The van der Waals surface area contributed by atoms with Gasteiger partial charge < -0.3 is 5.32 Å². The highest BCUT2D eigenvalue weighted by atomic mass is 35.5. The maximum atomic E-state index is 13.1. The van der Waals surface area contributed by atoms with Crippen molar-refractivity contribution in [1.29, 1.82) is 0 Å². The standard InChI is InChI=1S/C18H16ClN3O2S/c1-12-20-10-17(21-12)16-11-22(18-5-3-2-4-15(16)18)25(23,24)14-8-6-13(19)7-9-14/h2-9,11,17H,10H2,1H3,(H,20,21). The fraction of sp³-hybridized carbons (Fsp3) is 0.167. The summed E-state index contributed by atoms with van der Waals surface area (Å²) in [6.07, 6.45) is 1.69. The van der Waals surface area contributed by atoms with Gasteiger partial charge in [0.05, 0.1) is 28.8 Å². The molecule has 0 saturated carbocycles. The van der Waals surface area contributed by atoms with Crippen molar-refractivity contribution >= 4 is 38.4 Å². The van der Waals surface area contributed by atoms with Crippen molar-refractivity contribution in [3.63, 3.8) is 0 Å². The minimum Gasteiger partial charge on any atom is -0.365 e. The highest BCUT2D eigenvalue weighted by Crippen LogP contribution is 2.31. The number of hydrogen-bond donors (Lipinski definition) is 1. The average Bonchev–Trinajstić information content (AvgIpc) is 3.19. The minimum absolute atomic E-state index is 0.0217. The average molecular weight is 374 g/mol. The predicted molar refractivity (Wildman–Crippen MR) is 99.8 cm³/mol. The van der Waals surface area contributed by atoms with Gasteiger partial charge in [-0.25, -0.2) is 12.4 Å². The second-order valence-electron chi connectivity index (χ2n) is 5.98. The molecule has 0 bridgehead atoms. The van der Waals surface area contributed by atoms with Gasteiger partial charge in [-0.3, -0.25) is 4.99 Å². The van der Waals surface area contributed by atoms with Crippen LogP contribution in [0.15, 0.2) is 64.6 Å². The van der Waals surface area contributed by atoms with Gasteiger partial charge in [0.15, 0.2) is 0 Å². The highest BCUT2D eigenvalue weighted by Gasteiger charge is 2.26. The van der Waals surface area contributed by atoms with E-state index in [4.69, 9.17) is 11.6 Å². The van der Waals surface area contributed by atoms with E-state index < -0.39 is 10.0 Å². The van der Waals surface area contributed by atoms with Gasteiger partial charge >= 0.3 is 0 Å². The first-order valence-electron chi connectivity index (χ1n) is 7.85. The highest BCUT2D eigenvalue weighted by molar-refractivity contribution is 7.90. The molecule has 0 aliphatic carbocycles. The molecule has 5 nitrogen and oxygen atoms in total. The number of aromatic nitrogens is 1. The van der Waals surface area contributed by atoms with Gasteiger partial charge in [-0.1, -0.05) is 29.8 Å². The Kier molecular flexibility index (Phi) is 3.81. The molecule has 7 heteroatoms. The van der Waals surface area contributed by atoms with E-state index in [9.17, 15) is 8.42 Å². The molecule has 0 fully saturated rings. The van der Waals surface area contributed by atoms with Crippen molar-refractivity contribution in [2.24, 2.45) is 4.99 Å². The maximum absolute atomic E-state index is 13.1. The smallest absolute Gasteiger partial charge is 0.268 e. The van der Waals surface area contributed by atoms with Crippen LogP contribution < -0.4 is 5.32 Å². The number of amidine groups is 1. The van der Waals surface area contributed by atoms with E-state index in [-0.39, 0.29) is 10.9 Å². The normalized spacial score (nSPS) is 17.5. The van der Waals surface area contributed by atoms with Crippen molar-refractivity contribution in [2.75, 3.05) is 6.54 Å². The molecule has 1 aromatic heterocycles. The Morgan fingerprint density at radius 3 is 2.56 bits per heavy atom. The van der Waals surface area contributed by atoms with Gasteiger partial charge in [-0.05, 0) is 37.3 Å². The Bertz CT molecular complexity index is 1090. The summed E-state index contributed by atoms with van der Waals surface area (Å²) in [4.78, 5) is 4.58. The lowest BCUT2D eigenvalue weighted by Crippen LogP contribution is -2.20. The van der Waals surface area contributed by atoms with Crippen molar-refractivity contribution in [3.05, 3.63) is 65.3 Å². The fourth-order valence-corrected chi connectivity index (χ4v) is 4.62. The quantitative estimate of drug-likeness (QED) is 0.763. The van der Waals surface area contributed by atoms with E-state index in [0.29, 0.717) is 17.1 Å². The second kappa shape index (κ2) is 5.89. The van der Waals surface area contributed by atoms with Crippen LogP contribution in [0.2, 0.25) is 5.02 Å². The topological polar surface area (TPSA) is 63.5 Å². The molecule has 1 atom stereocenters. The van der Waals surface area contributed by atoms with Crippen molar-refractivity contribution in [1.82, 2.24) is 9.29 Å². The summed E-state index contributed by atoms with van der Waals surface area (Å²) in [5.74, 6) is 0.863. The van der Waals surface area contributed by atoms with Crippen LogP contribution in [0.4, 0.5) is 0 Å². The maximum Gasteiger partial charge on any atom is 0.268 e. The molecule has 2 heterocycles. The molecule has 0 spiro atoms. The van der Waals surface area contributed by atoms with E-state index in [0.717, 1.165) is 16.8 Å². The zero-order valence-electron chi connectivity index (χ0n) is 13.5. The van der Waals surface area contributed by atoms with Gasteiger partial charge in [0.1, 0.15) is 0 Å². The van der Waals surface area contributed by atoms with Crippen LogP contribution in [-0.4, -0.2) is 24.8 Å². The van der Waals surface area contributed by atoms with Crippen LogP contribution >= 0.6 is 11.6 Å². The molecular formula is C18H16ClN3O2S. The molecular weight excluding hydrogens is 358 g/mol.